The third-order valence-electron chi connectivity index (χ3n) is 3.54. The molecule has 28 heavy (non-hydrogen) atoms. The zero-order valence-electron chi connectivity index (χ0n) is 14.8. The van der Waals surface area contributed by atoms with Gasteiger partial charge < -0.3 is 9.64 Å². The Morgan fingerprint density at radius 3 is 2.36 bits per heavy atom. The molecule has 1 N–H and O–H groups in total. The highest BCUT2D eigenvalue weighted by Gasteiger charge is 2.32. The molecule has 2 aromatic rings. The number of alkyl halides is 3. The Morgan fingerprint density at radius 1 is 1.11 bits per heavy atom. The van der Waals surface area contributed by atoms with Crippen molar-refractivity contribution in [3.63, 3.8) is 0 Å². The maximum atomic E-state index is 12.7. The van der Waals surface area contributed by atoms with Crippen molar-refractivity contribution in [1.29, 1.82) is 0 Å². The SMILES string of the molecule is CN(C)C[C@@H](NS(=O)(=O)c1cccc(OC(F)(F)F)c1)c1ccc(Cl)c(Cl)c1. The van der Waals surface area contributed by atoms with Gasteiger partial charge >= 0.3 is 6.36 Å². The van der Waals surface area contributed by atoms with E-state index in [1.807, 2.05) is 0 Å². The fourth-order valence-electron chi connectivity index (χ4n) is 2.40. The predicted molar refractivity (Wildman–Crippen MR) is 101 cm³/mol. The summed E-state index contributed by atoms with van der Waals surface area (Å²) in [5.41, 5.74) is 0.550. The van der Waals surface area contributed by atoms with Crippen LogP contribution in [0.5, 0.6) is 5.75 Å². The second-order valence-corrected chi connectivity index (χ2v) is 8.66. The molecule has 1 atom stereocenters. The molecule has 0 aromatic heterocycles. The maximum Gasteiger partial charge on any atom is 0.573 e. The molecule has 2 aromatic carbocycles. The lowest BCUT2D eigenvalue weighted by molar-refractivity contribution is -0.274. The van der Waals surface area contributed by atoms with Crippen molar-refractivity contribution in [1.82, 2.24) is 9.62 Å². The lowest BCUT2D eigenvalue weighted by Crippen LogP contribution is -2.35. The lowest BCUT2D eigenvalue weighted by Gasteiger charge is -2.23. The number of likely N-dealkylation sites (N-methyl/N-ethyl adjacent to an activating group) is 1. The van der Waals surface area contributed by atoms with Crippen LogP contribution in [0.15, 0.2) is 47.4 Å². The largest absolute Gasteiger partial charge is 0.573 e. The van der Waals surface area contributed by atoms with E-state index in [4.69, 9.17) is 23.2 Å². The van der Waals surface area contributed by atoms with Gasteiger partial charge in [0.15, 0.2) is 0 Å². The van der Waals surface area contributed by atoms with Crippen molar-refractivity contribution < 1.29 is 26.3 Å². The van der Waals surface area contributed by atoms with Crippen LogP contribution in [0.25, 0.3) is 0 Å². The Labute approximate surface area is 171 Å². The molecule has 0 aliphatic heterocycles. The van der Waals surface area contributed by atoms with Crippen LogP contribution in [0.4, 0.5) is 13.2 Å². The minimum absolute atomic E-state index is 0.252. The van der Waals surface area contributed by atoms with Gasteiger partial charge in [0.1, 0.15) is 5.75 Å². The van der Waals surface area contributed by atoms with E-state index in [1.54, 1.807) is 25.1 Å². The summed E-state index contributed by atoms with van der Waals surface area (Å²) in [7, 11) is -0.661. The van der Waals surface area contributed by atoms with E-state index in [1.165, 1.54) is 18.2 Å². The number of hydrogen-bond acceptors (Lipinski definition) is 4. The van der Waals surface area contributed by atoms with E-state index in [-0.39, 0.29) is 16.5 Å². The fourth-order valence-corrected chi connectivity index (χ4v) is 3.96. The number of ether oxygens (including phenoxy) is 1. The van der Waals surface area contributed by atoms with Crippen molar-refractivity contribution in [3.8, 4) is 5.75 Å². The van der Waals surface area contributed by atoms with Crippen LogP contribution >= 0.6 is 23.2 Å². The first kappa shape index (κ1) is 22.8. The van der Waals surface area contributed by atoms with E-state index in [0.29, 0.717) is 10.6 Å². The standard InChI is InChI=1S/C17H17Cl2F3N2O3S/c1-24(2)10-16(11-6-7-14(18)15(19)8-11)23-28(25,26)13-5-3-4-12(9-13)27-17(20,21)22/h3-9,16,23H,10H2,1-2H3/t16-/m1/s1. The van der Waals surface area contributed by atoms with Gasteiger partial charge in [0.2, 0.25) is 10.0 Å². The van der Waals surface area contributed by atoms with Crippen molar-refractivity contribution in [3.05, 3.63) is 58.1 Å². The number of halogens is 5. The average molecular weight is 457 g/mol. The second-order valence-electron chi connectivity index (χ2n) is 6.13. The normalized spacial score (nSPS) is 13.6. The summed E-state index contributed by atoms with van der Waals surface area (Å²) < 4.78 is 69.0. The Hall–Kier alpha value is -1.52. The number of nitrogens with zero attached hydrogens (tertiary/aromatic N) is 1. The first-order chi connectivity index (χ1) is 12.9. The topological polar surface area (TPSA) is 58.6 Å². The van der Waals surface area contributed by atoms with Crippen LogP contribution in [0, 0.1) is 0 Å². The highest BCUT2D eigenvalue weighted by molar-refractivity contribution is 7.89. The highest BCUT2D eigenvalue weighted by Crippen LogP contribution is 2.28. The molecule has 0 heterocycles. The molecule has 0 radical (unpaired) electrons. The molecule has 0 saturated heterocycles. The van der Waals surface area contributed by atoms with Crippen molar-refractivity contribution in [2.24, 2.45) is 0 Å². The summed E-state index contributed by atoms with van der Waals surface area (Å²) in [4.78, 5) is 1.39. The van der Waals surface area contributed by atoms with Gasteiger partial charge in [-0.05, 0) is 43.9 Å². The van der Waals surface area contributed by atoms with Crippen LogP contribution in [-0.4, -0.2) is 40.3 Å². The van der Waals surface area contributed by atoms with Gasteiger partial charge in [-0.3, -0.25) is 0 Å². The van der Waals surface area contributed by atoms with Crippen LogP contribution in [0.3, 0.4) is 0 Å². The van der Waals surface area contributed by atoms with Crippen molar-refractivity contribution in [2.75, 3.05) is 20.6 Å². The Balaban J connectivity index is 2.34. The van der Waals surface area contributed by atoms with Crippen molar-refractivity contribution >= 4 is 33.2 Å². The zero-order chi connectivity index (χ0) is 21.1. The Kier molecular flexibility index (Phi) is 7.22. The fraction of sp³-hybridized carbons (Fsp3) is 0.294. The first-order valence-electron chi connectivity index (χ1n) is 7.85. The van der Waals surface area contributed by atoms with Gasteiger partial charge in [0.25, 0.3) is 0 Å². The molecule has 0 aliphatic carbocycles. The molecule has 0 aliphatic rings. The molecule has 11 heteroatoms. The van der Waals surface area contributed by atoms with Crippen molar-refractivity contribution in [2.45, 2.75) is 17.3 Å². The molecule has 0 spiro atoms. The second kappa shape index (κ2) is 8.87. The quantitative estimate of drug-likeness (QED) is 0.667. The first-order valence-corrected chi connectivity index (χ1v) is 10.1. The minimum Gasteiger partial charge on any atom is -0.406 e. The lowest BCUT2D eigenvalue weighted by atomic mass is 10.1. The molecule has 0 saturated carbocycles. The summed E-state index contributed by atoms with van der Waals surface area (Å²) in [6.45, 7) is 0.274. The number of rotatable bonds is 7. The monoisotopic (exact) mass is 456 g/mol. The van der Waals surface area contributed by atoms with E-state index < -0.39 is 28.2 Å². The smallest absolute Gasteiger partial charge is 0.406 e. The van der Waals surface area contributed by atoms with E-state index in [2.05, 4.69) is 9.46 Å². The molecule has 2 rings (SSSR count). The average Bonchev–Trinajstić information content (AvgIpc) is 2.55. The number of nitrogens with one attached hydrogen (secondary N) is 1. The van der Waals surface area contributed by atoms with Gasteiger partial charge in [-0.15, -0.1) is 13.2 Å². The zero-order valence-corrected chi connectivity index (χ0v) is 17.1. The van der Waals surface area contributed by atoms with E-state index in [0.717, 1.165) is 18.2 Å². The summed E-state index contributed by atoms with van der Waals surface area (Å²) in [5, 5.41) is 0.566. The van der Waals surface area contributed by atoms with Gasteiger partial charge in [0.05, 0.1) is 21.0 Å². The van der Waals surface area contributed by atoms with Crippen LogP contribution in [0.1, 0.15) is 11.6 Å². The van der Waals surface area contributed by atoms with Gasteiger partial charge in [-0.25, -0.2) is 13.1 Å². The summed E-state index contributed by atoms with van der Waals surface area (Å²) >= 11 is 11.9. The van der Waals surface area contributed by atoms with Gasteiger partial charge in [-0.1, -0.05) is 35.3 Å². The third-order valence-corrected chi connectivity index (χ3v) is 5.75. The highest BCUT2D eigenvalue weighted by atomic mass is 35.5. The third kappa shape index (κ3) is 6.52. The van der Waals surface area contributed by atoms with E-state index >= 15 is 0 Å². The van der Waals surface area contributed by atoms with Gasteiger partial charge in [-0.2, -0.15) is 0 Å². The van der Waals surface area contributed by atoms with Crippen LogP contribution in [-0.2, 0) is 10.0 Å². The van der Waals surface area contributed by atoms with Crippen LogP contribution in [0.2, 0.25) is 10.0 Å². The number of benzene rings is 2. The van der Waals surface area contributed by atoms with Crippen LogP contribution < -0.4 is 9.46 Å². The summed E-state index contributed by atoms with van der Waals surface area (Å²) in [5.74, 6) is -0.630. The molecule has 154 valence electrons. The Bertz CT molecular complexity index is 937. The summed E-state index contributed by atoms with van der Waals surface area (Å²) in [6.07, 6.45) is -4.93. The molecular weight excluding hydrogens is 440 g/mol. The molecular formula is C17H17Cl2F3N2O3S. The molecule has 0 amide bonds. The summed E-state index contributed by atoms with van der Waals surface area (Å²) in [6, 6.07) is 8.12. The maximum absolute atomic E-state index is 12.7. The minimum atomic E-state index is -4.93. The predicted octanol–water partition coefficient (Wildman–Crippen LogP) is 4.47. The van der Waals surface area contributed by atoms with E-state index in [9.17, 15) is 21.6 Å². The number of sulfonamides is 1. The molecule has 0 unspecified atom stereocenters. The Morgan fingerprint density at radius 2 is 1.79 bits per heavy atom. The molecule has 0 fully saturated rings. The molecule has 5 nitrogen and oxygen atoms in total. The molecule has 0 bridgehead atoms. The number of hydrogen-bond donors (Lipinski definition) is 1. The van der Waals surface area contributed by atoms with Gasteiger partial charge in [0, 0.05) is 12.6 Å².